The maximum Gasteiger partial charge on any atom is 0.137 e. The second-order valence-electron chi connectivity index (χ2n) is 5.61. The van der Waals surface area contributed by atoms with Gasteiger partial charge in [0.15, 0.2) is 0 Å². The molecule has 2 aromatic heterocycles. The van der Waals surface area contributed by atoms with Gasteiger partial charge in [-0.15, -0.1) is 0 Å². The number of hydrogen-bond acceptors (Lipinski definition) is 5. The van der Waals surface area contributed by atoms with Crippen molar-refractivity contribution in [3.05, 3.63) is 59.4 Å². The molecule has 3 aromatic rings. The smallest absolute Gasteiger partial charge is 0.137 e. The van der Waals surface area contributed by atoms with Gasteiger partial charge in [0.2, 0.25) is 0 Å². The third-order valence-corrected chi connectivity index (χ3v) is 4.03. The summed E-state index contributed by atoms with van der Waals surface area (Å²) in [5.41, 5.74) is 3.83. The van der Waals surface area contributed by atoms with Crippen LogP contribution in [0.1, 0.15) is 35.6 Å². The molecule has 2 N–H and O–H groups in total. The summed E-state index contributed by atoms with van der Waals surface area (Å²) in [4.78, 5) is 4.12. The average Bonchev–Trinajstić information content (AvgIpc) is 3.24. The SMILES string of the molecule is Cc1c([C@H](C)NCCc2ncn[nH]2)cnn1-c1ccc(C#N)cc1. The number of aromatic nitrogens is 5. The van der Waals surface area contributed by atoms with E-state index in [0.29, 0.717) is 5.56 Å². The van der Waals surface area contributed by atoms with Gasteiger partial charge in [0, 0.05) is 30.3 Å². The normalized spacial score (nSPS) is 12.0. The number of H-pyrrole nitrogens is 1. The monoisotopic (exact) mass is 321 g/mol. The second-order valence-corrected chi connectivity index (χ2v) is 5.61. The van der Waals surface area contributed by atoms with Gasteiger partial charge in [-0.1, -0.05) is 0 Å². The maximum atomic E-state index is 8.89. The molecular formula is C17H19N7. The van der Waals surface area contributed by atoms with Crippen LogP contribution in [0.25, 0.3) is 5.69 Å². The van der Waals surface area contributed by atoms with Crippen LogP contribution in [0.5, 0.6) is 0 Å². The van der Waals surface area contributed by atoms with Crippen LogP contribution in [0, 0.1) is 18.3 Å². The standard InChI is InChI=1S/C17H19N7/c1-12(19-8-7-17-20-11-21-23-17)16-10-22-24(13(16)2)15-5-3-14(9-18)4-6-15/h3-6,10-12,19H,7-8H2,1-2H3,(H,20,21,23)/t12-/m0/s1. The molecule has 7 heteroatoms. The molecule has 2 heterocycles. The second kappa shape index (κ2) is 7.06. The molecular weight excluding hydrogens is 302 g/mol. The first-order chi connectivity index (χ1) is 11.7. The highest BCUT2D eigenvalue weighted by atomic mass is 15.3. The third kappa shape index (κ3) is 3.34. The fraction of sp³-hybridized carbons (Fsp3) is 0.294. The van der Waals surface area contributed by atoms with Gasteiger partial charge in [-0.3, -0.25) is 5.10 Å². The Morgan fingerprint density at radius 1 is 1.33 bits per heavy atom. The van der Waals surface area contributed by atoms with Gasteiger partial charge in [-0.05, 0) is 38.1 Å². The van der Waals surface area contributed by atoms with Gasteiger partial charge >= 0.3 is 0 Å². The van der Waals surface area contributed by atoms with Crippen molar-refractivity contribution in [3.8, 4) is 11.8 Å². The number of nitrogens with one attached hydrogen (secondary N) is 2. The molecule has 24 heavy (non-hydrogen) atoms. The molecule has 0 radical (unpaired) electrons. The Morgan fingerprint density at radius 2 is 2.12 bits per heavy atom. The van der Waals surface area contributed by atoms with Crippen molar-refractivity contribution in [2.75, 3.05) is 6.54 Å². The van der Waals surface area contributed by atoms with Crippen molar-refractivity contribution >= 4 is 0 Å². The third-order valence-electron chi connectivity index (χ3n) is 4.03. The summed E-state index contributed by atoms with van der Waals surface area (Å²) in [6, 6.07) is 9.72. The molecule has 0 saturated heterocycles. The van der Waals surface area contributed by atoms with Crippen LogP contribution in [-0.2, 0) is 6.42 Å². The molecule has 7 nitrogen and oxygen atoms in total. The van der Waals surface area contributed by atoms with E-state index in [1.165, 1.54) is 6.33 Å². The van der Waals surface area contributed by atoms with Crippen molar-refractivity contribution in [1.82, 2.24) is 30.3 Å². The first kappa shape index (κ1) is 15.9. The average molecular weight is 321 g/mol. The van der Waals surface area contributed by atoms with Crippen LogP contribution in [0.4, 0.5) is 0 Å². The lowest BCUT2D eigenvalue weighted by Gasteiger charge is -2.13. The summed E-state index contributed by atoms with van der Waals surface area (Å²) in [5, 5.41) is 23.6. The minimum absolute atomic E-state index is 0.181. The zero-order chi connectivity index (χ0) is 16.9. The molecule has 0 amide bonds. The van der Waals surface area contributed by atoms with Crippen LogP contribution < -0.4 is 5.32 Å². The van der Waals surface area contributed by atoms with Crippen LogP contribution in [0.2, 0.25) is 0 Å². The van der Waals surface area contributed by atoms with Crippen LogP contribution in [-0.4, -0.2) is 31.5 Å². The summed E-state index contributed by atoms with van der Waals surface area (Å²) in [5.74, 6) is 0.875. The van der Waals surface area contributed by atoms with E-state index in [0.717, 1.165) is 35.7 Å². The zero-order valence-corrected chi connectivity index (χ0v) is 13.7. The molecule has 1 aromatic carbocycles. The maximum absolute atomic E-state index is 8.89. The van der Waals surface area contributed by atoms with Crippen molar-refractivity contribution in [1.29, 1.82) is 5.26 Å². The summed E-state index contributed by atoms with van der Waals surface area (Å²) >= 11 is 0. The number of nitrogens with zero attached hydrogens (tertiary/aromatic N) is 5. The van der Waals surface area contributed by atoms with Gasteiger partial charge in [0.1, 0.15) is 12.2 Å². The highest BCUT2D eigenvalue weighted by molar-refractivity contribution is 5.40. The van der Waals surface area contributed by atoms with E-state index in [1.807, 2.05) is 23.0 Å². The predicted molar refractivity (Wildman–Crippen MR) is 89.5 cm³/mol. The summed E-state index contributed by atoms with van der Waals surface area (Å²) < 4.78 is 1.89. The number of rotatable bonds is 6. The summed E-state index contributed by atoms with van der Waals surface area (Å²) in [6.07, 6.45) is 4.21. The first-order valence-corrected chi connectivity index (χ1v) is 7.81. The van der Waals surface area contributed by atoms with E-state index in [1.54, 1.807) is 12.1 Å². The molecule has 122 valence electrons. The van der Waals surface area contributed by atoms with Crippen molar-refractivity contribution in [2.24, 2.45) is 0 Å². The van der Waals surface area contributed by atoms with Crippen LogP contribution >= 0.6 is 0 Å². The fourth-order valence-corrected chi connectivity index (χ4v) is 2.65. The Morgan fingerprint density at radius 3 is 2.79 bits per heavy atom. The molecule has 0 unspecified atom stereocenters. The highest BCUT2D eigenvalue weighted by Crippen LogP contribution is 2.20. The van der Waals surface area contributed by atoms with Crippen LogP contribution in [0.15, 0.2) is 36.8 Å². The Kier molecular flexibility index (Phi) is 4.68. The molecule has 1 atom stereocenters. The van der Waals surface area contributed by atoms with Crippen LogP contribution in [0.3, 0.4) is 0 Å². The van der Waals surface area contributed by atoms with E-state index in [9.17, 15) is 0 Å². The van der Waals surface area contributed by atoms with E-state index in [-0.39, 0.29) is 6.04 Å². The van der Waals surface area contributed by atoms with Gasteiger partial charge in [0.05, 0.1) is 23.5 Å². The molecule has 0 aliphatic heterocycles. The van der Waals surface area contributed by atoms with E-state index in [4.69, 9.17) is 5.26 Å². The van der Waals surface area contributed by atoms with E-state index in [2.05, 4.69) is 45.5 Å². The highest BCUT2D eigenvalue weighted by Gasteiger charge is 2.14. The largest absolute Gasteiger partial charge is 0.310 e. The van der Waals surface area contributed by atoms with E-state index < -0.39 is 0 Å². The minimum atomic E-state index is 0.181. The number of nitriles is 1. The van der Waals surface area contributed by atoms with Gasteiger partial charge in [0.25, 0.3) is 0 Å². The predicted octanol–water partition coefficient (Wildman–Crippen LogP) is 2.06. The minimum Gasteiger partial charge on any atom is -0.310 e. The number of hydrogen-bond donors (Lipinski definition) is 2. The molecule has 0 aliphatic carbocycles. The molecule has 0 spiro atoms. The molecule has 0 aliphatic rings. The van der Waals surface area contributed by atoms with Crippen molar-refractivity contribution in [3.63, 3.8) is 0 Å². The fourth-order valence-electron chi connectivity index (χ4n) is 2.65. The summed E-state index contributed by atoms with van der Waals surface area (Å²) in [7, 11) is 0. The quantitative estimate of drug-likeness (QED) is 0.724. The van der Waals surface area contributed by atoms with Gasteiger partial charge in [-0.2, -0.15) is 15.5 Å². The topological polar surface area (TPSA) is 95.2 Å². The Hall–Kier alpha value is -2.98. The van der Waals surface area contributed by atoms with Crippen molar-refractivity contribution < 1.29 is 0 Å². The number of benzene rings is 1. The lowest BCUT2D eigenvalue weighted by molar-refractivity contribution is 0.568. The number of aromatic amines is 1. The first-order valence-electron chi connectivity index (χ1n) is 7.81. The Balaban J connectivity index is 1.68. The lowest BCUT2D eigenvalue weighted by atomic mass is 10.1. The van der Waals surface area contributed by atoms with Crippen molar-refractivity contribution in [2.45, 2.75) is 26.3 Å². The molecule has 3 rings (SSSR count). The van der Waals surface area contributed by atoms with Gasteiger partial charge < -0.3 is 5.32 Å². The summed E-state index contributed by atoms with van der Waals surface area (Å²) in [6.45, 7) is 4.97. The molecule has 0 bridgehead atoms. The Labute approximate surface area is 140 Å². The zero-order valence-electron chi connectivity index (χ0n) is 13.7. The van der Waals surface area contributed by atoms with Gasteiger partial charge in [-0.25, -0.2) is 9.67 Å². The molecule has 0 saturated carbocycles. The lowest BCUT2D eigenvalue weighted by Crippen LogP contribution is -2.22. The Bertz CT molecular complexity index is 825. The van der Waals surface area contributed by atoms with E-state index >= 15 is 0 Å². The molecule has 0 fully saturated rings.